The van der Waals surface area contributed by atoms with E-state index in [2.05, 4.69) is 10.4 Å². The van der Waals surface area contributed by atoms with Gasteiger partial charge in [-0.25, -0.2) is 4.68 Å². The quantitative estimate of drug-likeness (QED) is 0.894. The number of likely N-dealkylation sites (N-methyl/N-ethyl adjacent to an activating group) is 1. The van der Waals surface area contributed by atoms with Crippen molar-refractivity contribution in [1.82, 2.24) is 20.0 Å². The van der Waals surface area contributed by atoms with Crippen molar-refractivity contribution >= 4 is 5.91 Å². The summed E-state index contributed by atoms with van der Waals surface area (Å²) in [6.45, 7) is 1.51. The van der Waals surface area contributed by atoms with Gasteiger partial charge < -0.3 is 10.2 Å². The van der Waals surface area contributed by atoms with Crippen LogP contribution in [0.25, 0.3) is 11.3 Å². The minimum Gasteiger partial charge on any atom is -0.337 e. The summed E-state index contributed by atoms with van der Waals surface area (Å²) in [5.74, 6) is -0.0486. The first-order chi connectivity index (χ1) is 11.7. The maximum Gasteiger partial charge on any atom is 0.267 e. The van der Waals surface area contributed by atoms with Gasteiger partial charge in [0.05, 0.1) is 5.69 Å². The number of nitrogens with zero attached hydrogens (tertiary/aromatic N) is 3. The lowest BCUT2D eigenvalue weighted by Crippen LogP contribution is -2.43. The highest BCUT2D eigenvalue weighted by atomic mass is 16.2. The Balaban J connectivity index is 1.79. The van der Waals surface area contributed by atoms with Crippen molar-refractivity contribution in [3.8, 4) is 11.3 Å². The fraction of sp³-hybridized carbons (Fsp3) is 0.389. The van der Waals surface area contributed by atoms with Crippen LogP contribution in [0.2, 0.25) is 0 Å². The summed E-state index contributed by atoms with van der Waals surface area (Å²) in [6, 6.07) is 13.0. The van der Waals surface area contributed by atoms with E-state index in [0.717, 1.165) is 31.5 Å². The molecular formula is C18H22N4O2. The van der Waals surface area contributed by atoms with E-state index in [9.17, 15) is 9.59 Å². The first-order valence-electron chi connectivity index (χ1n) is 8.26. The minimum atomic E-state index is -0.257. The lowest BCUT2D eigenvalue weighted by Gasteiger charge is -2.24. The van der Waals surface area contributed by atoms with Gasteiger partial charge in [-0.2, -0.15) is 5.10 Å². The van der Waals surface area contributed by atoms with Crippen LogP contribution in [-0.4, -0.2) is 46.8 Å². The van der Waals surface area contributed by atoms with Gasteiger partial charge in [0.15, 0.2) is 0 Å². The fourth-order valence-electron chi connectivity index (χ4n) is 3.16. The molecule has 1 unspecified atom stereocenters. The van der Waals surface area contributed by atoms with Gasteiger partial charge in [-0.3, -0.25) is 9.59 Å². The molecule has 0 bridgehead atoms. The van der Waals surface area contributed by atoms with Gasteiger partial charge in [0.25, 0.3) is 5.56 Å². The molecule has 1 aliphatic heterocycles. The van der Waals surface area contributed by atoms with Crippen LogP contribution < -0.4 is 10.9 Å². The molecule has 1 N–H and O–H groups in total. The highest BCUT2D eigenvalue weighted by Crippen LogP contribution is 2.17. The van der Waals surface area contributed by atoms with Crippen molar-refractivity contribution < 1.29 is 4.79 Å². The molecule has 2 heterocycles. The van der Waals surface area contributed by atoms with Crippen LogP contribution in [0.1, 0.15) is 12.8 Å². The number of carbonyl (C=O) groups is 1. The third-order valence-electron chi connectivity index (χ3n) is 4.36. The maximum atomic E-state index is 12.6. The van der Waals surface area contributed by atoms with Crippen LogP contribution in [0, 0.1) is 0 Å². The van der Waals surface area contributed by atoms with Gasteiger partial charge in [-0.15, -0.1) is 0 Å². The number of aromatic nitrogens is 2. The van der Waals surface area contributed by atoms with Crippen LogP contribution in [0.15, 0.2) is 47.3 Å². The Morgan fingerprint density at radius 1 is 1.25 bits per heavy atom. The van der Waals surface area contributed by atoms with Crippen LogP contribution >= 0.6 is 0 Å². The SMILES string of the molecule is CNCC1CCCN1C(=O)Cn1nc(-c2ccccc2)ccc1=O. The number of likely N-dealkylation sites (tertiary alicyclic amines) is 1. The van der Waals surface area contributed by atoms with Crippen molar-refractivity contribution in [2.75, 3.05) is 20.1 Å². The number of benzene rings is 1. The van der Waals surface area contributed by atoms with E-state index in [1.807, 2.05) is 42.3 Å². The summed E-state index contributed by atoms with van der Waals surface area (Å²) >= 11 is 0. The van der Waals surface area contributed by atoms with Gasteiger partial charge >= 0.3 is 0 Å². The van der Waals surface area contributed by atoms with Gasteiger partial charge in [0.2, 0.25) is 5.91 Å². The van der Waals surface area contributed by atoms with Gasteiger partial charge in [0.1, 0.15) is 6.54 Å². The summed E-state index contributed by atoms with van der Waals surface area (Å²) in [6.07, 6.45) is 2.00. The molecule has 2 aromatic rings. The van der Waals surface area contributed by atoms with Crippen LogP contribution in [-0.2, 0) is 11.3 Å². The van der Waals surface area contributed by atoms with Crippen LogP contribution in [0.4, 0.5) is 0 Å². The highest BCUT2D eigenvalue weighted by Gasteiger charge is 2.28. The third-order valence-corrected chi connectivity index (χ3v) is 4.36. The highest BCUT2D eigenvalue weighted by molar-refractivity contribution is 5.76. The first kappa shape index (κ1) is 16.4. The second kappa shape index (κ2) is 7.40. The number of nitrogens with one attached hydrogen (secondary N) is 1. The first-order valence-corrected chi connectivity index (χ1v) is 8.26. The molecule has 0 saturated carbocycles. The Labute approximate surface area is 141 Å². The maximum absolute atomic E-state index is 12.6. The average Bonchev–Trinajstić information content (AvgIpc) is 3.06. The van der Waals surface area contributed by atoms with Crippen LogP contribution in [0.5, 0.6) is 0 Å². The summed E-state index contributed by atoms with van der Waals surface area (Å²) in [5, 5.41) is 7.49. The Bertz CT molecular complexity index is 757. The summed E-state index contributed by atoms with van der Waals surface area (Å²) in [4.78, 5) is 26.5. The van der Waals surface area contributed by atoms with Crippen molar-refractivity contribution in [1.29, 1.82) is 0 Å². The normalized spacial score (nSPS) is 17.2. The molecule has 1 amide bonds. The lowest BCUT2D eigenvalue weighted by atomic mass is 10.1. The molecule has 6 heteroatoms. The number of carbonyl (C=O) groups excluding carboxylic acids is 1. The zero-order valence-electron chi connectivity index (χ0n) is 13.8. The molecular weight excluding hydrogens is 304 g/mol. The monoisotopic (exact) mass is 326 g/mol. The van der Waals surface area contributed by atoms with Crippen LogP contribution in [0.3, 0.4) is 0 Å². The zero-order chi connectivity index (χ0) is 16.9. The molecule has 1 atom stereocenters. The summed E-state index contributed by atoms with van der Waals surface area (Å²) in [7, 11) is 1.89. The van der Waals surface area contributed by atoms with Crippen molar-refractivity contribution in [2.45, 2.75) is 25.4 Å². The fourth-order valence-corrected chi connectivity index (χ4v) is 3.16. The molecule has 6 nitrogen and oxygen atoms in total. The van der Waals surface area contributed by atoms with Gasteiger partial charge in [0, 0.05) is 30.8 Å². The Kier molecular flexibility index (Phi) is 5.05. The summed E-state index contributed by atoms with van der Waals surface area (Å²) in [5.41, 5.74) is 1.36. The smallest absolute Gasteiger partial charge is 0.267 e. The van der Waals surface area contributed by atoms with Gasteiger partial charge in [-0.05, 0) is 26.0 Å². The van der Waals surface area contributed by atoms with E-state index in [-0.39, 0.29) is 24.1 Å². The largest absolute Gasteiger partial charge is 0.337 e. The molecule has 0 aliphatic carbocycles. The zero-order valence-corrected chi connectivity index (χ0v) is 13.8. The van der Waals surface area contributed by atoms with E-state index in [0.29, 0.717) is 5.69 Å². The second-order valence-corrected chi connectivity index (χ2v) is 6.02. The topological polar surface area (TPSA) is 67.2 Å². The van der Waals surface area contributed by atoms with E-state index >= 15 is 0 Å². The Morgan fingerprint density at radius 3 is 2.79 bits per heavy atom. The molecule has 1 saturated heterocycles. The van der Waals surface area contributed by atoms with Crippen molar-refractivity contribution in [3.05, 3.63) is 52.8 Å². The second-order valence-electron chi connectivity index (χ2n) is 6.02. The number of rotatable bonds is 5. The molecule has 1 aromatic heterocycles. The predicted octanol–water partition coefficient (Wildman–Crippen LogP) is 1.12. The molecule has 1 fully saturated rings. The Hall–Kier alpha value is -2.47. The molecule has 24 heavy (non-hydrogen) atoms. The van der Waals surface area contributed by atoms with E-state index in [1.165, 1.54) is 10.7 Å². The van der Waals surface area contributed by atoms with E-state index in [1.54, 1.807) is 6.07 Å². The number of hydrogen-bond donors (Lipinski definition) is 1. The Morgan fingerprint density at radius 2 is 2.04 bits per heavy atom. The van der Waals surface area contributed by atoms with Gasteiger partial charge in [-0.1, -0.05) is 30.3 Å². The average molecular weight is 326 g/mol. The molecule has 126 valence electrons. The van der Waals surface area contributed by atoms with Crippen molar-refractivity contribution in [2.24, 2.45) is 0 Å². The van der Waals surface area contributed by atoms with E-state index < -0.39 is 0 Å². The molecule has 3 rings (SSSR count). The summed E-state index contributed by atoms with van der Waals surface area (Å²) < 4.78 is 1.26. The van der Waals surface area contributed by atoms with Crippen molar-refractivity contribution in [3.63, 3.8) is 0 Å². The predicted molar refractivity (Wildman–Crippen MR) is 92.6 cm³/mol. The third kappa shape index (κ3) is 3.54. The molecule has 1 aliphatic rings. The lowest BCUT2D eigenvalue weighted by molar-refractivity contribution is -0.132. The molecule has 0 spiro atoms. The molecule has 0 radical (unpaired) electrons. The molecule has 1 aromatic carbocycles. The van der Waals surface area contributed by atoms with E-state index in [4.69, 9.17) is 0 Å². The number of amides is 1. The minimum absolute atomic E-state index is 0.0142. The standard InChI is InChI=1S/C18H22N4O2/c1-19-12-15-8-5-11-21(15)18(24)13-22-17(23)10-9-16(20-22)14-6-3-2-4-7-14/h2-4,6-7,9-10,15,19H,5,8,11-13H2,1H3. The number of hydrogen-bond acceptors (Lipinski definition) is 4.